The Labute approximate surface area is 346 Å². The molecule has 3 aromatic rings. The van der Waals surface area contributed by atoms with Crippen LogP contribution in [0, 0.1) is 0 Å². The summed E-state index contributed by atoms with van der Waals surface area (Å²) in [6, 6.07) is 11.7. The topological polar surface area (TPSA) is 225 Å². The van der Waals surface area contributed by atoms with Crippen molar-refractivity contribution in [2.45, 2.75) is 94.7 Å². The fourth-order valence-corrected chi connectivity index (χ4v) is 7.88. The van der Waals surface area contributed by atoms with Crippen molar-refractivity contribution < 1.29 is 48.2 Å². The number of likely N-dealkylation sites (N-methyl/N-ethyl adjacent to an activating group) is 1. The zero-order chi connectivity index (χ0) is 43.1. The monoisotopic (exact) mass is 823 g/mol. The number of carbonyl (C=O) groups is 8. The SMILES string of the molecule is CC[C@@H]1NC(=O)[C@@H](NC(=O)c2ncccc2O)[C@H](C)OC(=O)[C@@H](c2ccccc2)NC(=O)[C@@H]2CC(=O)CCN2C(=O)C(Cc2ccccc2)N(C)C(=O)[C@@H]2CCCN2C1=O. The largest absolute Gasteiger partial charge is 0.505 e. The van der Waals surface area contributed by atoms with Crippen LogP contribution in [0.3, 0.4) is 0 Å². The van der Waals surface area contributed by atoms with E-state index in [0.717, 1.165) is 5.56 Å². The van der Waals surface area contributed by atoms with Crippen LogP contribution in [0.2, 0.25) is 0 Å². The van der Waals surface area contributed by atoms with Gasteiger partial charge in [-0.3, -0.25) is 33.6 Å². The standard InChI is InChI=1S/C43H49N7O10/c1-4-29-40(56)49-21-12-17-30(49)41(57)48(3)32(23-26-13-7-5-8-14-26)42(58)50-22-19-28(51)24-31(50)37(53)47-35(27-15-9-6-10-16-27)43(59)60-25(2)34(38(54)45-29)46-39(55)36-33(52)18-11-20-44-36/h5-11,13-16,18,20,25,29-32,34-35,52H,4,12,17,19,21-24H2,1-3H3,(H,45,54)(H,46,55)(H,47,53)/t25-,29-,30-,31-,32?,34-,35+/m0/s1. The first-order valence-electron chi connectivity index (χ1n) is 20.0. The zero-order valence-corrected chi connectivity index (χ0v) is 33.6. The predicted octanol–water partition coefficient (Wildman–Crippen LogP) is 1.20. The van der Waals surface area contributed by atoms with Crippen molar-refractivity contribution in [3.63, 3.8) is 0 Å². The Balaban J connectivity index is 1.43. The van der Waals surface area contributed by atoms with Crippen molar-refractivity contribution in [1.82, 2.24) is 35.6 Å². The summed E-state index contributed by atoms with van der Waals surface area (Å²) in [5.41, 5.74) is 0.560. The molecule has 1 aromatic heterocycles. The second-order valence-electron chi connectivity index (χ2n) is 15.2. The minimum absolute atomic E-state index is 0.0410. The number of amides is 6. The summed E-state index contributed by atoms with van der Waals surface area (Å²) in [5, 5.41) is 18.2. The van der Waals surface area contributed by atoms with Crippen molar-refractivity contribution in [3.05, 3.63) is 95.8 Å². The van der Waals surface area contributed by atoms with Gasteiger partial charge in [0.25, 0.3) is 5.91 Å². The van der Waals surface area contributed by atoms with Gasteiger partial charge in [0.1, 0.15) is 47.8 Å². The third kappa shape index (κ3) is 9.45. The van der Waals surface area contributed by atoms with Gasteiger partial charge in [0.2, 0.25) is 29.5 Å². The fraction of sp³-hybridized carbons (Fsp3) is 0.419. The minimum Gasteiger partial charge on any atom is -0.505 e. The molecule has 60 heavy (non-hydrogen) atoms. The van der Waals surface area contributed by atoms with Gasteiger partial charge in [-0.25, -0.2) is 9.78 Å². The smallest absolute Gasteiger partial charge is 0.333 e. The summed E-state index contributed by atoms with van der Waals surface area (Å²) in [6.07, 6.45) is 0.235. The Hall–Kier alpha value is -6.65. The number of nitrogens with one attached hydrogen (secondary N) is 3. The number of aromatic hydroxyl groups is 1. The Morgan fingerprint density at radius 3 is 2.22 bits per heavy atom. The average Bonchev–Trinajstić information content (AvgIpc) is 3.75. The Kier molecular flexibility index (Phi) is 13.6. The molecule has 6 rings (SSSR count). The molecule has 17 nitrogen and oxygen atoms in total. The lowest BCUT2D eigenvalue weighted by Gasteiger charge is -2.40. The molecule has 2 aromatic carbocycles. The van der Waals surface area contributed by atoms with Crippen LogP contribution >= 0.6 is 0 Å². The lowest BCUT2D eigenvalue weighted by Crippen LogP contribution is -2.61. The second-order valence-corrected chi connectivity index (χ2v) is 15.2. The van der Waals surface area contributed by atoms with Crippen LogP contribution in [0.4, 0.5) is 0 Å². The molecule has 1 unspecified atom stereocenters. The zero-order valence-electron chi connectivity index (χ0n) is 33.6. The van der Waals surface area contributed by atoms with Crippen LogP contribution in [0.1, 0.15) is 73.6 Å². The van der Waals surface area contributed by atoms with Crippen LogP contribution in [0.15, 0.2) is 79.0 Å². The van der Waals surface area contributed by atoms with Crippen LogP contribution in [-0.2, 0) is 44.7 Å². The third-order valence-corrected chi connectivity index (χ3v) is 11.2. The number of benzene rings is 2. The number of ether oxygens (including phenoxy) is 1. The van der Waals surface area contributed by atoms with E-state index in [-0.39, 0.29) is 56.5 Å². The number of hydrogen-bond donors (Lipinski definition) is 4. The van der Waals surface area contributed by atoms with E-state index in [9.17, 15) is 43.5 Å². The van der Waals surface area contributed by atoms with Gasteiger partial charge in [0.05, 0.1) is 0 Å². The molecule has 4 heterocycles. The first-order valence-corrected chi connectivity index (χ1v) is 20.0. The van der Waals surface area contributed by atoms with Crippen LogP contribution in [0.5, 0.6) is 5.75 Å². The normalized spacial score (nSPS) is 26.1. The molecule has 0 spiro atoms. The van der Waals surface area contributed by atoms with Gasteiger partial charge in [-0.2, -0.15) is 0 Å². The van der Waals surface area contributed by atoms with E-state index in [1.165, 1.54) is 47.0 Å². The summed E-state index contributed by atoms with van der Waals surface area (Å²) in [4.78, 5) is 121. The lowest BCUT2D eigenvalue weighted by atomic mass is 9.95. The van der Waals surface area contributed by atoms with Crippen molar-refractivity contribution in [2.24, 2.45) is 0 Å². The number of esters is 1. The number of fused-ring (bicyclic) bond motifs is 2. The highest BCUT2D eigenvalue weighted by Crippen LogP contribution is 2.26. The number of Topliss-reactive ketones (excluding diaryl/α,β-unsaturated/α-hetero) is 1. The van der Waals surface area contributed by atoms with E-state index >= 15 is 0 Å². The number of aromatic nitrogens is 1. The molecule has 7 atom stereocenters. The summed E-state index contributed by atoms with van der Waals surface area (Å²) in [7, 11) is 1.47. The lowest BCUT2D eigenvalue weighted by molar-refractivity contribution is -0.156. The van der Waals surface area contributed by atoms with Crippen LogP contribution < -0.4 is 16.0 Å². The highest BCUT2D eigenvalue weighted by atomic mass is 16.5. The summed E-state index contributed by atoms with van der Waals surface area (Å²) < 4.78 is 5.83. The van der Waals surface area contributed by atoms with E-state index in [2.05, 4.69) is 20.9 Å². The molecule has 316 valence electrons. The van der Waals surface area contributed by atoms with Crippen LogP contribution in [0.25, 0.3) is 0 Å². The number of pyridine rings is 1. The van der Waals surface area contributed by atoms with Crippen molar-refractivity contribution in [2.75, 3.05) is 20.1 Å². The fourth-order valence-electron chi connectivity index (χ4n) is 7.88. The Morgan fingerprint density at radius 2 is 1.53 bits per heavy atom. The molecular weight excluding hydrogens is 775 g/mol. The van der Waals surface area contributed by atoms with E-state index in [4.69, 9.17) is 4.74 Å². The quantitative estimate of drug-likeness (QED) is 0.259. The molecule has 17 heteroatoms. The molecule has 3 aliphatic rings. The Bertz CT molecular complexity index is 2120. The number of piperidine rings is 1. The molecule has 3 saturated heterocycles. The number of hydrogen-bond acceptors (Lipinski definition) is 11. The van der Waals surface area contributed by atoms with Gasteiger partial charge in [-0.1, -0.05) is 67.6 Å². The van der Waals surface area contributed by atoms with Crippen LogP contribution in [-0.4, -0.2) is 128 Å². The molecule has 0 bridgehead atoms. The van der Waals surface area contributed by atoms with E-state index in [1.807, 2.05) is 6.07 Å². The molecule has 4 N–H and O–H groups in total. The van der Waals surface area contributed by atoms with Gasteiger partial charge >= 0.3 is 5.97 Å². The molecule has 3 aliphatic heterocycles. The minimum atomic E-state index is -1.68. The van der Waals surface area contributed by atoms with Gasteiger partial charge in [0.15, 0.2) is 11.7 Å². The summed E-state index contributed by atoms with van der Waals surface area (Å²) >= 11 is 0. The first kappa shape index (κ1) is 42.9. The molecule has 3 fully saturated rings. The maximum Gasteiger partial charge on any atom is 0.333 e. The highest BCUT2D eigenvalue weighted by molar-refractivity contribution is 6.01. The number of cyclic esters (lactones) is 1. The average molecular weight is 824 g/mol. The second kappa shape index (κ2) is 18.9. The molecule has 0 radical (unpaired) electrons. The first-order chi connectivity index (χ1) is 28.8. The summed E-state index contributed by atoms with van der Waals surface area (Å²) in [5.74, 6) is -6.30. The van der Waals surface area contributed by atoms with E-state index in [0.29, 0.717) is 6.42 Å². The molecule has 6 amide bonds. The maximum atomic E-state index is 14.8. The van der Waals surface area contributed by atoms with E-state index < -0.39 is 95.2 Å². The van der Waals surface area contributed by atoms with Gasteiger partial charge < -0.3 is 40.5 Å². The number of nitrogens with zero attached hydrogens (tertiary/aromatic N) is 4. The van der Waals surface area contributed by atoms with Gasteiger partial charge in [0, 0.05) is 45.6 Å². The van der Waals surface area contributed by atoms with Crippen molar-refractivity contribution in [1.29, 1.82) is 0 Å². The van der Waals surface area contributed by atoms with Crippen molar-refractivity contribution in [3.8, 4) is 5.75 Å². The predicted molar refractivity (Wildman–Crippen MR) is 213 cm³/mol. The van der Waals surface area contributed by atoms with Gasteiger partial charge in [-0.15, -0.1) is 0 Å². The van der Waals surface area contributed by atoms with E-state index in [1.54, 1.807) is 61.5 Å². The Morgan fingerprint density at radius 1 is 0.850 bits per heavy atom. The molecule has 0 aliphatic carbocycles. The molecule has 0 saturated carbocycles. The number of ketones is 1. The highest BCUT2D eigenvalue weighted by Gasteiger charge is 2.45. The van der Waals surface area contributed by atoms with Gasteiger partial charge in [-0.05, 0) is 49.4 Å². The third-order valence-electron chi connectivity index (χ3n) is 11.2. The number of carbonyl (C=O) groups excluding carboxylic acids is 8. The van der Waals surface area contributed by atoms with Crippen molar-refractivity contribution >= 4 is 47.2 Å². The summed E-state index contributed by atoms with van der Waals surface area (Å²) in [6.45, 7) is 3.03. The maximum absolute atomic E-state index is 14.8. The number of rotatable bonds is 6. The molecular formula is C43H49N7O10.